The Morgan fingerprint density at radius 3 is 2.62 bits per heavy atom. The lowest BCUT2D eigenvalue weighted by atomic mass is 10.1. The lowest BCUT2D eigenvalue weighted by molar-refractivity contribution is 0.0736. The second-order valence-corrected chi connectivity index (χ2v) is 7.40. The Morgan fingerprint density at radius 2 is 2.00 bits per heavy atom. The number of aromatic nitrogens is 2. The molecule has 1 aliphatic heterocycles. The van der Waals surface area contributed by atoms with Crippen LogP contribution in [0.1, 0.15) is 34.1 Å². The molecule has 0 bridgehead atoms. The summed E-state index contributed by atoms with van der Waals surface area (Å²) in [6.07, 6.45) is 1.02. The smallest absolute Gasteiger partial charge is 0.262 e. The Balaban J connectivity index is 1.63. The molecular weight excluding hydrogens is 418 g/mol. The number of carbonyl (C=O) groups excluding carboxylic acids is 1. The Bertz CT molecular complexity index is 1180. The fraction of sp³-hybridized carbons (Fsp3) is 0.261. The number of ether oxygens (including phenoxy) is 2. The fourth-order valence-corrected chi connectivity index (χ4v) is 3.59. The predicted molar refractivity (Wildman–Crippen MR) is 111 cm³/mol. The number of carbonyl (C=O) groups is 1. The number of amides is 1. The van der Waals surface area contributed by atoms with E-state index in [9.17, 15) is 18.8 Å². The maximum Gasteiger partial charge on any atom is 0.262 e. The van der Waals surface area contributed by atoms with E-state index in [0.717, 1.165) is 5.56 Å². The first-order chi connectivity index (χ1) is 15.4. The number of hydrogen-bond donors (Lipinski definition) is 0. The Hall–Kier alpha value is -3.93. The molecule has 4 rings (SSSR count). The fourth-order valence-electron chi connectivity index (χ4n) is 3.59. The molecule has 0 aliphatic carbocycles. The van der Waals surface area contributed by atoms with Crippen LogP contribution < -0.4 is 9.47 Å². The lowest BCUT2D eigenvalue weighted by Gasteiger charge is -2.22. The topological polar surface area (TPSA) is 80.4 Å². The van der Waals surface area contributed by atoms with Gasteiger partial charge in [0.15, 0.2) is 5.75 Å². The molecule has 0 radical (unpaired) electrons. The van der Waals surface area contributed by atoms with Crippen molar-refractivity contribution in [2.45, 2.75) is 26.1 Å². The number of halogens is 2. The number of benzene rings is 2. The molecule has 1 aromatic heterocycles. The quantitative estimate of drug-likeness (QED) is 0.585. The number of nitriles is 1. The predicted octanol–water partition coefficient (Wildman–Crippen LogP) is 3.78. The Morgan fingerprint density at radius 1 is 1.25 bits per heavy atom. The molecule has 1 aliphatic rings. The number of rotatable bonds is 6. The van der Waals surface area contributed by atoms with E-state index >= 15 is 0 Å². The highest BCUT2D eigenvalue weighted by Gasteiger charge is 2.32. The number of fused-ring (bicyclic) bond motifs is 1. The van der Waals surface area contributed by atoms with Crippen LogP contribution in [0.15, 0.2) is 42.6 Å². The summed E-state index contributed by atoms with van der Waals surface area (Å²) >= 11 is 0. The van der Waals surface area contributed by atoms with Gasteiger partial charge in [-0.15, -0.1) is 0 Å². The second kappa shape index (κ2) is 8.67. The van der Waals surface area contributed by atoms with Gasteiger partial charge >= 0.3 is 0 Å². The number of nitrogens with zero attached hydrogens (tertiary/aromatic N) is 4. The van der Waals surface area contributed by atoms with Crippen molar-refractivity contribution in [1.29, 1.82) is 5.26 Å². The van der Waals surface area contributed by atoms with Crippen molar-refractivity contribution in [1.82, 2.24) is 14.7 Å². The van der Waals surface area contributed by atoms with Crippen LogP contribution in [0.2, 0.25) is 0 Å². The highest BCUT2D eigenvalue weighted by Crippen LogP contribution is 2.36. The highest BCUT2D eigenvalue weighted by molar-refractivity contribution is 6.00. The minimum absolute atomic E-state index is 0.0726. The monoisotopic (exact) mass is 438 g/mol. The van der Waals surface area contributed by atoms with Crippen LogP contribution in [-0.2, 0) is 13.1 Å². The van der Waals surface area contributed by atoms with Gasteiger partial charge in [0, 0.05) is 18.3 Å². The van der Waals surface area contributed by atoms with Crippen molar-refractivity contribution in [3.8, 4) is 23.3 Å². The van der Waals surface area contributed by atoms with Crippen LogP contribution in [0, 0.1) is 17.1 Å². The van der Waals surface area contributed by atoms with Gasteiger partial charge in [0.1, 0.15) is 36.0 Å². The van der Waals surface area contributed by atoms with Gasteiger partial charge in [-0.2, -0.15) is 10.4 Å². The molecule has 0 spiro atoms. The average molecular weight is 438 g/mol. The van der Waals surface area contributed by atoms with E-state index in [-0.39, 0.29) is 41.5 Å². The minimum atomic E-state index is -0.770. The third-order valence-corrected chi connectivity index (χ3v) is 5.16. The molecule has 7 nitrogen and oxygen atoms in total. The first-order valence-corrected chi connectivity index (χ1v) is 9.91. The summed E-state index contributed by atoms with van der Waals surface area (Å²) < 4.78 is 38.8. The maximum absolute atomic E-state index is 13.4. The molecule has 0 saturated carbocycles. The van der Waals surface area contributed by atoms with Crippen LogP contribution in [0.3, 0.4) is 0 Å². The van der Waals surface area contributed by atoms with E-state index in [0.29, 0.717) is 11.4 Å². The molecule has 2 aromatic carbocycles. The van der Waals surface area contributed by atoms with E-state index in [1.54, 1.807) is 34.8 Å². The molecular formula is C23H20F2N4O3. The SMILES string of the molecule is COc1c(C#N)ccc(OC(C)CF)c1C(=O)N1Cc2cn(-c3ccc(F)cc3)nc2C1. The van der Waals surface area contributed by atoms with Crippen LogP contribution in [0.5, 0.6) is 11.5 Å². The molecule has 2 heterocycles. The molecule has 1 unspecified atom stereocenters. The number of hydrogen-bond acceptors (Lipinski definition) is 5. The van der Waals surface area contributed by atoms with Crippen LogP contribution in [0.4, 0.5) is 8.78 Å². The molecule has 1 amide bonds. The second-order valence-electron chi connectivity index (χ2n) is 7.40. The van der Waals surface area contributed by atoms with Gasteiger partial charge in [0.05, 0.1) is 30.6 Å². The van der Waals surface area contributed by atoms with E-state index in [1.807, 2.05) is 6.07 Å². The summed E-state index contributed by atoms with van der Waals surface area (Å²) in [4.78, 5) is 15.0. The third kappa shape index (κ3) is 3.87. The summed E-state index contributed by atoms with van der Waals surface area (Å²) in [5.41, 5.74) is 2.51. The van der Waals surface area contributed by atoms with E-state index < -0.39 is 18.7 Å². The van der Waals surface area contributed by atoms with E-state index in [1.165, 1.54) is 31.4 Å². The van der Waals surface area contributed by atoms with Crippen molar-refractivity contribution in [3.05, 3.63) is 70.8 Å². The summed E-state index contributed by atoms with van der Waals surface area (Å²) in [7, 11) is 1.36. The molecule has 164 valence electrons. The zero-order chi connectivity index (χ0) is 22.8. The van der Waals surface area contributed by atoms with Gasteiger partial charge < -0.3 is 14.4 Å². The lowest BCUT2D eigenvalue weighted by Crippen LogP contribution is -2.28. The molecule has 32 heavy (non-hydrogen) atoms. The summed E-state index contributed by atoms with van der Waals surface area (Å²) in [5, 5.41) is 13.9. The molecule has 1 atom stereocenters. The first kappa shape index (κ1) is 21.3. The first-order valence-electron chi connectivity index (χ1n) is 9.91. The normalized spacial score (nSPS) is 13.4. The van der Waals surface area contributed by atoms with Crippen LogP contribution in [-0.4, -0.2) is 40.5 Å². The van der Waals surface area contributed by atoms with Gasteiger partial charge in [0.25, 0.3) is 5.91 Å². The Labute approximate surface area is 183 Å². The van der Waals surface area contributed by atoms with Gasteiger partial charge in [-0.25, -0.2) is 13.5 Å². The molecule has 0 N–H and O–H groups in total. The van der Waals surface area contributed by atoms with Gasteiger partial charge in [-0.3, -0.25) is 4.79 Å². The Kier molecular flexibility index (Phi) is 5.77. The van der Waals surface area contributed by atoms with Crippen molar-refractivity contribution in [2.75, 3.05) is 13.8 Å². The summed E-state index contributed by atoms with van der Waals surface area (Å²) in [6.45, 7) is 1.33. The molecule has 3 aromatic rings. The van der Waals surface area contributed by atoms with E-state index in [4.69, 9.17) is 9.47 Å². The van der Waals surface area contributed by atoms with Crippen molar-refractivity contribution >= 4 is 5.91 Å². The molecule has 9 heteroatoms. The number of methoxy groups -OCH3 is 1. The van der Waals surface area contributed by atoms with Gasteiger partial charge in [0.2, 0.25) is 0 Å². The zero-order valence-electron chi connectivity index (χ0n) is 17.5. The van der Waals surface area contributed by atoms with E-state index in [2.05, 4.69) is 5.10 Å². The maximum atomic E-state index is 13.4. The molecule has 0 fully saturated rings. The minimum Gasteiger partial charge on any atom is -0.494 e. The highest BCUT2D eigenvalue weighted by atomic mass is 19.1. The van der Waals surface area contributed by atoms with Crippen LogP contribution in [0.25, 0.3) is 5.69 Å². The summed E-state index contributed by atoms with van der Waals surface area (Å²) in [5.74, 6) is -0.510. The standard InChI is InChI=1S/C23H20F2N4O3/c1-14(9-24)32-20-8-3-15(10-26)22(31-2)21(20)23(30)28-11-16-12-29(27-19(16)13-28)18-6-4-17(25)5-7-18/h3-8,12,14H,9,11,13H2,1-2H3. The largest absolute Gasteiger partial charge is 0.494 e. The van der Waals surface area contributed by atoms with Crippen molar-refractivity contribution in [3.63, 3.8) is 0 Å². The number of alkyl halides is 1. The van der Waals surface area contributed by atoms with Gasteiger partial charge in [-0.1, -0.05) is 0 Å². The molecule has 0 saturated heterocycles. The summed E-state index contributed by atoms with van der Waals surface area (Å²) in [6, 6.07) is 10.9. The zero-order valence-corrected chi connectivity index (χ0v) is 17.5. The van der Waals surface area contributed by atoms with Crippen LogP contribution >= 0.6 is 0 Å². The third-order valence-electron chi connectivity index (χ3n) is 5.16. The average Bonchev–Trinajstić information content (AvgIpc) is 3.38. The van der Waals surface area contributed by atoms with Gasteiger partial charge in [-0.05, 0) is 43.3 Å². The van der Waals surface area contributed by atoms with Crippen molar-refractivity contribution in [2.24, 2.45) is 0 Å². The van der Waals surface area contributed by atoms with Crippen molar-refractivity contribution < 1.29 is 23.0 Å².